The summed E-state index contributed by atoms with van der Waals surface area (Å²) in [5, 5.41) is 0.125. The lowest BCUT2D eigenvalue weighted by atomic mass is 10.2. The van der Waals surface area contributed by atoms with Crippen molar-refractivity contribution in [3.8, 4) is 11.8 Å². The van der Waals surface area contributed by atoms with Crippen molar-refractivity contribution in [3.63, 3.8) is 0 Å². The summed E-state index contributed by atoms with van der Waals surface area (Å²) in [6, 6.07) is 3.69. The Labute approximate surface area is 99.8 Å². The van der Waals surface area contributed by atoms with Crippen molar-refractivity contribution in [3.05, 3.63) is 23.4 Å². The molecule has 0 amide bonds. The van der Waals surface area contributed by atoms with Gasteiger partial charge >= 0.3 is 0 Å². The molecule has 2 N–H and O–H groups in total. The summed E-state index contributed by atoms with van der Waals surface area (Å²) in [4.78, 5) is 14.7. The van der Waals surface area contributed by atoms with Gasteiger partial charge in [-0.1, -0.05) is 17.7 Å². The molecule has 0 aromatic carbocycles. The van der Waals surface area contributed by atoms with Crippen molar-refractivity contribution in [1.29, 1.82) is 0 Å². The van der Waals surface area contributed by atoms with Crippen molar-refractivity contribution in [2.45, 2.75) is 20.3 Å². The van der Waals surface area contributed by atoms with E-state index in [1.54, 1.807) is 13.0 Å². The van der Waals surface area contributed by atoms with E-state index in [0.29, 0.717) is 17.9 Å². The summed E-state index contributed by atoms with van der Waals surface area (Å²) in [6.45, 7) is 3.51. The number of carbonyl (C=O) groups is 1. The van der Waals surface area contributed by atoms with E-state index >= 15 is 0 Å². The maximum absolute atomic E-state index is 10.7. The number of hydrogen-bond donors (Lipinski definition) is 1. The van der Waals surface area contributed by atoms with Gasteiger partial charge in [0.1, 0.15) is 11.5 Å². The third-order valence-electron chi connectivity index (χ3n) is 1.74. The van der Waals surface area contributed by atoms with Crippen molar-refractivity contribution in [2.75, 3.05) is 11.5 Å². The van der Waals surface area contributed by atoms with Crippen molar-refractivity contribution in [1.82, 2.24) is 4.98 Å². The average Bonchev–Trinajstić information content (AvgIpc) is 2.15. The molecule has 1 rings (SSSR count). The van der Waals surface area contributed by atoms with Gasteiger partial charge in [-0.3, -0.25) is 4.79 Å². The lowest BCUT2D eigenvalue weighted by Crippen LogP contribution is -1.93. The third kappa shape index (κ3) is 4.85. The van der Waals surface area contributed by atoms with Gasteiger partial charge in [0, 0.05) is 19.1 Å². The van der Waals surface area contributed by atoms with Crippen LogP contribution >= 0.6 is 11.8 Å². The molecule has 0 unspecified atom stereocenters. The second-order valence-corrected chi connectivity index (χ2v) is 4.62. The van der Waals surface area contributed by atoms with Gasteiger partial charge in [0.05, 0.1) is 0 Å². The highest BCUT2D eigenvalue weighted by Gasteiger charge is 1.94. The largest absolute Gasteiger partial charge is 0.384 e. The molecular weight excluding hydrogens is 220 g/mol. The molecule has 0 saturated carbocycles. The Morgan fingerprint density at radius 2 is 2.31 bits per heavy atom. The van der Waals surface area contributed by atoms with Gasteiger partial charge in [0.15, 0.2) is 5.12 Å². The number of nitrogen functional groups attached to an aromatic ring is 1. The van der Waals surface area contributed by atoms with Gasteiger partial charge in [-0.25, -0.2) is 4.98 Å². The van der Waals surface area contributed by atoms with E-state index in [4.69, 9.17) is 5.73 Å². The molecule has 0 aliphatic rings. The fourth-order valence-corrected chi connectivity index (χ4v) is 1.65. The molecule has 1 heterocycles. The van der Waals surface area contributed by atoms with Crippen LogP contribution in [0.25, 0.3) is 0 Å². The Balaban J connectivity index is 2.53. The Bertz CT molecular complexity index is 426. The van der Waals surface area contributed by atoms with Gasteiger partial charge in [-0.05, 0) is 30.5 Å². The Kier molecular flexibility index (Phi) is 4.87. The zero-order valence-electron chi connectivity index (χ0n) is 9.41. The topological polar surface area (TPSA) is 56.0 Å². The van der Waals surface area contributed by atoms with Crippen LogP contribution < -0.4 is 5.73 Å². The molecule has 0 saturated heterocycles. The highest BCUT2D eigenvalue weighted by atomic mass is 32.2. The van der Waals surface area contributed by atoms with Gasteiger partial charge < -0.3 is 5.73 Å². The third-order valence-corrected chi connectivity index (χ3v) is 2.55. The van der Waals surface area contributed by atoms with Gasteiger partial charge in [-0.15, -0.1) is 0 Å². The minimum absolute atomic E-state index is 0.125. The molecule has 0 aliphatic carbocycles. The van der Waals surface area contributed by atoms with Crippen molar-refractivity contribution >= 4 is 22.7 Å². The molecule has 0 spiro atoms. The summed E-state index contributed by atoms with van der Waals surface area (Å²) >= 11 is 1.29. The molecule has 1 aromatic heterocycles. The maximum atomic E-state index is 10.7. The molecule has 0 radical (unpaired) electrons. The van der Waals surface area contributed by atoms with Crippen LogP contribution in [0.3, 0.4) is 0 Å². The number of thioether (sulfide) groups is 1. The molecule has 84 valence electrons. The van der Waals surface area contributed by atoms with E-state index in [9.17, 15) is 4.79 Å². The molecule has 0 bridgehead atoms. The summed E-state index contributed by atoms with van der Waals surface area (Å²) in [7, 11) is 0. The number of aromatic nitrogens is 1. The second-order valence-electron chi connectivity index (χ2n) is 3.35. The Morgan fingerprint density at radius 1 is 1.56 bits per heavy atom. The summed E-state index contributed by atoms with van der Waals surface area (Å²) in [5.74, 6) is 7.12. The lowest BCUT2D eigenvalue weighted by Gasteiger charge is -1.96. The number of rotatable bonds is 2. The molecule has 0 atom stereocenters. The standard InChI is InChI=1S/C12H14N2OS/c1-9-7-11(14-12(13)8-9)5-3-4-6-16-10(2)15/h7-8H,4,6H2,1-2H3,(H2,13,14). The summed E-state index contributed by atoms with van der Waals surface area (Å²) in [6.07, 6.45) is 0.680. The average molecular weight is 234 g/mol. The minimum Gasteiger partial charge on any atom is -0.384 e. The predicted octanol–water partition coefficient (Wildman–Crippen LogP) is 1.99. The SMILES string of the molecule is CC(=O)SCCC#Cc1cc(C)cc(N)n1. The number of pyridine rings is 1. The van der Waals surface area contributed by atoms with Gasteiger partial charge in [-0.2, -0.15) is 0 Å². The second kappa shape index (κ2) is 6.19. The number of aryl methyl sites for hydroxylation is 1. The zero-order chi connectivity index (χ0) is 12.0. The van der Waals surface area contributed by atoms with E-state index in [0.717, 1.165) is 11.3 Å². The monoisotopic (exact) mass is 234 g/mol. The molecule has 0 fully saturated rings. The number of carbonyl (C=O) groups excluding carboxylic acids is 1. The lowest BCUT2D eigenvalue weighted by molar-refractivity contribution is -0.109. The number of anilines is 1. The van der Waals surface area contributed by atoms with Gasteiger partial charge in [0.2, 0.25) is 0 Å². The quantitative estimate of drug-likeness (QED) is 0.628. The van der Waals surface area contributed by atoms with Crippen LogP contribution in [-0.4, -0.2) is 15.9 Å². The van der Waals surface area contributed by atoms with Crippen LogP contribution in [0.5, 0.6) is 0 Å². The summed E-state index contributed by atoms with van der Waals surface area (Å²) in [5.41, 5.74) is 7.34. The molecular formula is C12H14N2OS. The van der Waals surface area contributed by atoms with Crippen molar-refractivity contribution < 1.29 is 4.79 Å². The number of nitrogens with zero attached hydrogens (tertiary/aromatic N) is 1. The normalized spacial score (nSPS) is 9.38. The Hall–Kier alpha value is -1.47. The van der Waals surface area contributed by atoms with Crippen LogP contribution in [0.2, 0.25) is 0 Å². The molecule has 0 aliphatic heterocycles. The minimum atomic E-state index is 0.125. The molecule has 1 aromatic rings. The summed E-state index contributed by atoms with van der Waals surface area (Å²) < 4.78 is 0. The van der Waals surface area contributed by atoms with E-state index in [1.165, 1.54) is 11.8 Å². The molecule has 3 nitrogen and oxygen atoms in total. The van der Waals surface area contributed by atoms with Crippen LogP contribution in [0.4, 0.5) is 5.82 Å². The fraction of sp³-hybridized carbons (Fsp3) is 0.333. The van der Waals surface area contributed by atoms with E-state index in [1.807, 2.05) is 13.0 Å². The zero-order valence-corrected chi connectivity index (χ0v) is 10.2. The van der Waals surface area contributed by atoms with Crippen LogP contribution in [-0.2, 0) is 4.79 Å². The van der Waals surface area contributed by atoms with E-state index < -0.39 is 0 Å². The number of hydrogen-bond acceptors (Lipinski definition) is 4. The first-order valence-electron chi connectivity index (χ1n) is 4.94. The van der Waals surface area contributed by atoms with E-state index in [2.05, 4.69) is 16.8 Å². The van der Waals surface area contributed by atoms with Crippen LogP contribution in [0.1, 0.15) is 24.6 Å². The maximum Gasteiger partial charge on any atom is 0.185 e. The van der Waals surface area contributed by atoms with Crippen LogP contribution in [0.15, 0.2) is 12.1 Å². The van der Waals surface area contributed by atoms with Gasteiger partial charge in [0.25, 0.3) is 0 Å². The van der Waals surface area contributed by atoms with Crippen molar-refractivity contribution in [2.24, 2.45) is 0 Å². The molecule has 16 heavy (non-hydrogen) atoms. The van der Waals surface area contributed by atoms with Crippen LogP contribution in [0, 0.1) is 18.8 Å². The number of nitrogens with two attached hydrogens (primary N) is 1. The first kappa shape index (κ1) is 12.6. The highest BCUT2D eigenvalue weighted by molar-refractivity contribution is 8.13. The smallest absolute Gasteiger partial charge is 0.185 e. The first-order valence-corrected chi connectivity index (χ1v) is 5.93. The fourth-order valence-electron chi connectivity index (χ4n) is 1.16. The first-order chi connectivity index (χ1) is 7.58. The molecule has 4 heteroatoms. The highest BCUT2D eigenvalue weighted by Crippen LogP contribution is 2.05. The predicted molar refractivity (Wildman–Crippen MR) is 68.0 cm³/mol. The van der Waals surface area contributed by atoms with E-state index in [-0.39, 0.29) is 5.12 Å². The Morgan fingerprint density at radius 3 is 2.94 bits per heavy atom.